The van der Waals surface area contributed by atoms with Gasteiger partial charge in [-0.25, -0.2) is 9.97 Å². The van der Waals surface area contributed by atoms with Crippen molar-refractivity contribution in [2.45, 2.75) is 30.8 Å². The highest BCUT2D eigenvalue weighted by atomic mass is 16.7. The van der Waals surface area contributed by atoms with Crippen LogP contribution in [0.3, 0.4) is 0 Å². The molecular weight excluding hydrogens is 356 g/mol. The summed E-state index contributed by atoms with van der Waals surface area (Å²) in [7, 11) is 1.66. The molecule has 2 bridgehead atoms. The summed E-state index contributed by atoms with van der Waals surface area (Å²) in [5, 5.41) is 0. The van der Waals surface area contributed by atoms with Crippen molar-refractivity contribution in [1.29, 1.82) is 0 Å². The topological polar surface area (TPSA) is 60.0 Å². The molecule has 5 aliphatic rings. The van der Waals surface area contributed by atoms with E-state index in [2.05, 4.69) is 38.0 Å². The van der Waals surface area contributed by atoms with Crippen LogP contribution in [0.25, 0.3) is 0 Å². The maximum Gasteiger partial charge on any atom is 0.231 e. The van der Waals surface area contributed by atoms with E-state index in [0.29, 0.717) is 30.7 Å². The van der Waals surface area contributed by atoms with Gasteiger partial charge in [-0.1, -0.05) is 6.07 Å². The molecule has 0 saturated carbocycles. The molecule has 6 heterocycles. The molecule has 0 unspecified atom stereocenters. The third kappa shape index (κ3) is 2.38. The van der Waals surface area contributed by atoms with Gasteiger partial charge in [-0.3, -0.25) is 4.90 Å². The standard InChI is InChI=1S/C21H24N4O3/c1-26-19-9-18(22-11-23-19)25-10-15(14-2-3-16-17(8-14)28-12-27-16)21-20(25)13-4-6-24(21)7-5-13/h2-3,8-9,11,13,15,20-21H,4-7,10,12H2,1H3/t15-,20+,21+/m1/s1. The summed E-state index contributed by atoms with van der Waals surface area (Å²) in [6.45, 7) is 3.67. The molecule has 28 heavy (non-hydrogen) atoms. The van der Waals surface area contributed by atoms with Crippen LogP contribution < -0.4 is 19.1 Å². The Bertz CT molecular complexity index is 899. The molecule has 7 nitrogen and oxygen atoms in total. The van der Waals surface area contributed by atoms with Crippen LogP contribution in [0.4, 0.5) is 5.82 Å². The third-order valence-electron chi connectivity index (χ3n) is 6.95. The van der Waals surface area contributed by atoms with Crippen molar-refractivity contribution in [1.82, 2.24) is 14.9 Å². The van der Waals surface area contributed by atoms with Gasteiger partial charge in [0.15, 0.2) is 11.5 Å². The molecule has 7 heteroatoms. The van der Waals surface area contributed by atoms with E-state index in [9.17, 15) is 0 Å². The van der Waals surface area contributed by atoms with Crippen LogP contribution in [-0.4, -0.2) is 60.5 Å². The van der Waals surface area contributed by atoms with Gasteiger partial charge in [0.05, 0.1) is 7.11 Å². The Kier molecular flexibility index (Phi) is 3.66. The molecule has 0 radical (unpaired) electrons. The van der Waals surface area contributed by atoms with Crippen molar-refractivity contribution < 1.29 is 14.2 Å². The fourth-order valence-electron chi connectivity index (χ4n) is 5.72. The van der Waals surface area contributed by atoms with Crippen LogP contribution in [0.1, 0.15) is 24.3 Å². The van der Waals surface area contributed by atoms with E-state index in [1.165, 1.54) is 31.5 Å². The highest BCUT2D eigenvalue weighted by Crippen LogP contribution is 2.49. The van der Waals surface area contributed by atoms with Crippen LogP contribution in [0.5, 0.6) is 17.4 Å². The number of hydrogen-bond acceptors (Lipinski definition) is 7. The zero-order valence-corrected chi connectivity index (χ0v) is 16.0. The lowest BCUT2D eigenvalue weighted by Crippen LogP contribution is -2.60. The molecule has 0 spiro atoms. The smallest absolute Gasteiger partial charge is 0.231 e. The van der Waals surface area contributed by atoms with Gasteiger partial charge in [0, 0.05) is 30.6 Å². The predicted molar refractivity (Wildman–Crippen MR) is 103 cm³/mol. The van der Waals surface area contributed by atoms with E-state index in [0.717, 1.165) is 29.8 Å². The quantitative estimate of drug-likeness (QED) is 0.810. The number of benzene rings is 1. The molecule has 0 N–H and O–H groups in total. The monoisotopic (exact) mass is 380 g/mol. The Hall–Kier alpha value is -2.54. The summed E-state index contributed by atoms with van der Waals surface area (Å²) in [5.41, 5.74) is 1.33. The molecule has 0 aliphatic carbocycles. The molecule has 4 fully saturated rings. The first-order chi connectivity index (χ1) is 13.8. The van der Waals surface area contributed by atoms with E-state index in [-0.39, 0.29) is 0 Å². The number of rotatable bonds is 3. The van der Waals surface area contributed by atoms with E-state index >= 15 is 0 Å². The maximum absolute atomic E-state index is 5.65. The van der Waals surface area contributed by atoms with Crippen molar-refractivity contribution in [3.8, 4) is 17.4 Å². The van der Waals surface area contributed by atoms with Crippen molar-refractivity contribution in [3.05, 3.63) is 36.2 Å². The fraction of sp³-hybridized carbons (Fsp3) is 0.524. The fourth-order valence-corrected chi connectivity index (χ4v) is 5.72. The van der Waals surface area contributed by atoms with Crippen LogP contribution in [0.2, 0.25) is 0 Å². The molecule has 2 aromatic rings. The maximum atomic E-state index is 5.65. The molecule has 1 aromatic heterocycles. The van der Waals surface area contributed by atoms with Crippen molar-refractivity contribution in [2.24, 2.45) is 5.92 Å². The second kappa shape index (κ2) is 6.24. The Morgan fingerprint density at radius 3 is 2.75 bits per heavy atom. The number of anilines is 1. The summed E-state index contributed by atoms with van der Waals surface area (Å²) in [6.07, 6.45) is 4.15. The lowest BCUT2D eigenvalue weighted by molar-refractivity contribution is 0.0354. The highest BCUT2D eigenvalue weighted by Gasteiger charge is 2.53. The molecule has 146 valence electrons. The molecule has 3 atom stereocenters. The molecule has 4 saturated heterocycles. The molecule has 7 rings (SSSR count). The largest absolute Gasteiger partial charge is 0.481 e. The first-order valence-corrected chi connectivity index (χ1v) is 10.1. The van der Waals surface area contributed by atoms with Gasteiger partial charge >= 0.3 is 0 Å². The minimum Gasteiger partial charge on any atom is -0.481 e. The second-order valence-corrected chi connectivity index (χ2v) is 8.14. The summed E-state index contributed by atoms with van der Waals surface area (Å²) >= 11 is 0. The Balaban J connectivity index is 1.41. The number of hydrogen-bond donors (Lipinski definition) is 0. The normalized spacial score (nSPS) is 32.5. The second-order valence-electron chi connectivity index (χ2n) is 8.14. The molecular formula is C21H24N4O3. The predicted octanol–water partition coefficient (Wildman–Crippen LogP) is 2.28. The summed E-state index contributed by atoms with van der Waals surface area (Å²) < 4.78 is 16.5. The minimum atomic E-state index is 0.316. The summed E-state index contributed by atoms with van der Waals surface area (Å²) in [5.74, 6) is 4.44. The van der Waals surface area contributed by atoms with Crippen molar-refractivity contribution in [2.75, 3.05) is 38.4 Å². The lowest BCUT2D eigenvalue weighted by atomic mass is 9.75. The first kappa shape index (κ1) is 16.4. The van der Waals surface area contributed by atoms with Crippen molar-refractivity contribution in [3.63, 3.8) is 0 Å². The number of fused-ring (bicyclic) bond motifs is 3. The van der Waals surface area contributed by atoms with Gasteiger partial charge in [0.2, 0.25) is 12.7 Å². The average Bonchev–Trinajstić information content (AvgIpc) is 3.40. The highest BCUT2D eigenvalue weighted by molar-refractivity contribution is 5.51. The van der Waals surface area contributed by atoms with Gasteiger partial charge < -0.3 is 19.1 Å². The van der Waals surface area contributed by atoms with Gasteiger partial charge in [-0.05, 0) is 49.5 Å². The van der Waals surface area contributed by atoms with Gasteiger partial charge in [0.1, 0.15) is 12.1 Å². The van der Waals surface area contributed by atoms with E-state index in [1.807, 2.05) is 6.07 Å². The summed E-state index contributed by atoms with van der Waals surface area (Å²) in [6, 6.07) is 9.41. The van der Waals surface area contributed by atoms with Crippen LogP contribution in [0, 0.1) is 5.92 Å². The number of methoxy groups -OCH3 is 1. The summed E-state index contributed by atoms with van der Waals surface area (Å²) in [4.78, 5) is 14.0. The Morgan fingerprint density at radius 1 is 1.04 bits per heavy atom. The van der Waals surface area contributed by atoms with E-state index in [1.54, 1.807) is 13.4 Å². The van der Waals surface area contributed by atoms with Gasteiger partial charge in [-0.2, -0.15) is 0 Å². The SMILES string of the molecule is COc1cc(N2C[C@H](c3ccc4c(c3)OCO4)[C@H]3[C@@H]2C2CCN3CC2)ncn1. The lowest BCUT2D eigenvalue weighted by Gasteiger charge is -2.51. The molecule has 1 aromatic carbocycles. The third-order valence-corrected chi connectivity index (χ3v) is 6.95. The van der Waals surface area contributed by atoms with Gasteiger partial charge in [-0.15, -0.1) is 0 Å². The average molecular weight is 380 g/mol. The Labute approximate surface area is 164 Å². The van der Waals surface area contributed by atoms with E-state index < -0.39 is 0 Å². The van der Waals surface area contributed by atoms with Gasteiger partial charge in [0.25, 0.3) is 0 Å². The Morgan fingerprint density at radius 2 is 1.89 bits per heavy atom. The van der Waals surface area contributed by atoms with Crippen LogP contribution >= 0.6 is 0 Å². The number of piperidine rings is 3. The number of aromatic nitrogens is 2. The van der Waals surface area contributed by atoms with Crippen molar-refractivity contribution >= 4 is 5.82 Å². The first-order valence-electron chi connectivity index (χ1n) is 10.1. The van der Waals surface area contributed by atoms with Crippen LogP contribution in [0.15, 0.2) is 30.6 Å². The molecule has 0 amide bonds. The van der Waals surface area contributed by atoms with E-state index in [4.69, 9.17) is 14.2 Å². The zero-order valence-electron chi connectivity index (χ0n) is 16.0. The minimum absolute atomic E-state index is 0.316. The zero-order chi connectivity index (χ0) is 18.7. The number of nitrogens with zero attached hydrogens (tertiary/aromatic N) is 4. The molecule has 5 aliphatic heterocycles. The number of ether oxygens (including phenoxy) is 3. The van der Waals surface area contributed by atoms with Crippen LogP contribution in [-0.2, 0) is 0 Å².